The van der Waals surface area contributed by atoms with E-state index < -0.39 is 0 Å². The van der Waals surface area contributed by atoms with Crippen LogP contribution in [0.2, 0.25) is 0 Å². The van der Waals surface area contributed by atoms with E-state index in [-0.39, 0.29) is 17.6 Å². The highest BCUT2D eigenvalue weighted by Gasteiger charge is 2.36. The number of carbonyl (C=O) groups is 1. The normalized spacial score (nSPS) is 21.7. The Labute approximate surface area is 132 Å². The largest absolute Gasteiger partial charge is 0.451 e. The van der Waals surface area contributed by atoms with Crippen LogP contribution < -0.4 is 0 Å². The Balaban J connectivity index is 1.86. The van der Waals surface area contributed by atoms with Gasteiger partial charge in [0.15, 0.2) is 5.76 Å². The van der Waals surface area contributed by atoms with Crippen LogP contribution in [0.15, 0.2) is 34.7 Å². The zero-order valence-electron chi connectivity index (χ0n) is 12.1. The SMILES string of the molecule is CC1(C)CN(C(=O)c2cc3ccccc3o2)CC(CBr)O1. The number of furan rings is 1. The van der Waals surface area contributed by atoms with Gasteiger partial charge in [-0.05, 0) is 26.0 Å². The lowest BCUT2D eigenvalue weighted by Crippen LogP contribution is -2.55. The molecule has 5 heteroatoms. The highest BCUT2D eigenvalue weighted by molar-refractivity contribution is 9.09. The summed E-state index contributed by atoms with van der Waals surface area (Å²) in [5.74, 6) is 0.316. The van der Waals surface area contributed by atoms with Gasteiger partial charge in [0.05, 0.1) is 11.7 Å². The average Bonchev–Trinajstić information content (AvgIpc) is 2.88. The molecule has 2 heterocycles. The number of hydrogen-bond acceptors (Lipinski definition) is 3. The number of rotatable bonds is 2. The van der Waals surface area contributed by atoms with Crippen LogP contribution in [0.1, 0.15) is 24.4 Å². The second kappa shape index (κ2) is 5.46. The lowest BCUT2D eigenvalue weighted by Gasteiger charge is -2.42. The predicted octanol–water partition coefficient (Wildman–Crippen LogP) is 3.45. The fourth-order valence-electron chi connectivity index (χ4n) is 2.77. The van der Waals surface area contributed by atoms with Gasteiger partial charge in [0.2, 0.25) is 0 Å². The van der Waals surface area contributed by atoms with Crippen molar-refractivity contribution in [2.75, 3.05) is 18.4 Å². The number of alkyl halides is 1. The number of halogens is 1. The molecule has 21 heavy (non-hydrogen) atoms. The Morgan fingerprint density at radius 1 is 1.43 bits per heavy atom. The number of para-hydroxylation sites is 1. The molecule has 0 spiro atoms. The maximum atomic E-state index is 12.7. The van der Waals surface area contributed by atoms with Crippen molar-refractivity contribution in [1.82, 2.24) is 4.90 Å². The van der Waals surface area contributed by atoms with E-state index in [0.717, 1.165) is 11.0 Å². The zero-order valence-corrected chi connectivity index (χ0v) is 13.7. The molecule has 1 aromatic heterocycles. The molecule has 112 valence electrons. The van der Waals surface area contributed by atoms with E-state index in [1.165, 1.54) is 0 Å². The van der Waals surface area contributed by atoms with E-state index in [9.17, 15) is 4.79 Å². The predicted molar refractivity (Wildman–Crippen MR) is 84.9 cm³/mol. The van der Waals surface area contributed by atoms with Gasteiger partial charge in [-0.15, -0.1) is 0 Å². The molecular formula is C16H18BrNO3. The van der Waals surface area contributed by atoms with Crippen molar-refractivity contribution < 1.29 is 13.9 Å². The van der Waals surface area contributed by atoms with Crippen molar-refractivity contribution in [1.29, 1.82) is 0 Å². The van der Waals surface area contributed by atoms with Gasteiger partial charge in [-0.3, -0.25) is 4.79 Å². The van der Waals surface area contributed by atoms with Gasteiger partial charge in [0.1, 0.15) is 5.58 Å². The fourth-order valence-corrected chi connectivity index (χ4v) is 3.11. The van der Waals surface area contributed by atoms with E-state index in [1.807, 2.05) is 49.1 Å². The van der Waals surface area contributed by atoms with Crippen molar-refractivity contribution in [3.8, 4) is 0 Å². The quantitative estimate of drug-likeness (QED) is 0.778. The number of nitrogens with zero attached hydrogens (tertiary/aromatic N) is 1. The summed E-state index contributed by atoms with van der Waals surface area (Å²) in [6, 6.07) is 9.46. The molecule has 0 radical (unpaired) electrons. The minimum Gasteiger partial charge on any atom is -0.451 e. The standard InChI is InChI=1S/C16H18BrNO3/c1-16(2)10-18(9-12(8-17)21-16)15(19)14-7-11-5-3-4-6-13(11)20-14/h3-7,12H,8-10H2,1-2H3. The van der Waals surface area contributed by atoms with Crippen molar-refractivity contribution in [3.63, 3.8) is 0 Å². The average molecular weight is 352 g/mol. The summed E-state index contributed by atoms with van der Waals surface area (Å²) in [5, 5.41) is 1.66. The molecule has 0 N–H and O–H groups in total. The Hall–Kier alpha value is -1.33. The van der Waals surface area contributed by atoms with Gasteiger partial charge in [-0.25, -0.2) is 0 Å². The molecule has 1 fully saturated rings. The molecule has 0 saturated carbocycles. The molecule has 1 aliphatic rings. The molecule has 1 saturated heterocycles. The van der Waals surface area contributed by atoms with Crippen molar-refractivity contribution in [3.05, 3.63) is 36.1 Å². The molecule has 0 bridgehead atoms. The Bertz CT molecular complexity index is 631. The monoisotopic (exact) mass is 351 g/mol. The summed E-state index contributed by atoms with van der Waals surface area (Å²) in [6.45, 7) is 5.14. The molecule has 1 aromatic carbocycles. The molecule has 4 nitrogen and oxygen atoms in total. The van der Waals surface area contributed by atoms with Crippen LogP contribution in [0.25, 0.3) is 11.0 Å². The van der Waals surface area contributed by atoms with E-state index >= 15 is 0 Å². The van der Waals surface area contributed by atoms with Crippen LogP contribution in [0, 0.1) is 0 Å². The first-order valence-corrected chi connectivity index (χ1v) is 8.12. The molecule has 1 unspecified atom stereocenters. The number of fused-ring (bicyclic) bond motifs is 1. The first kappa shape index (κ1) is 14.6. The zero-order chi connectivity index (χ0) is 15.0. The first-order valence-electron chi connectivity index (χ1n) is 7.00. The topological polar surface area (TPSA) is 42.7 Å². The third kappa shape index (κ3) is 2.99. The lowest BCUT2D eigenvalue weighted by atomic mass is 10.1. The number of ether oxygens (including phenoxy) is 1. The van der Waals surface area contributed by atoms with Gasteiger partial charge < -0.3 is 14.1 Å². The molecule has 1 aliphatic heterocycles. The molecular weight excluding hydrogens is 334 g/mol. The summed E-state index contributed by atoms with van der Waals surface area (Å²) in [7, 11) is 0. The van der Waals surface area contributed by atoms with Crippen LogP contribution in [0.4, 0.5) is 0 Å². The third-order valence-electron chi connectivity index (χ3n) is 3.58. The van der Waals surface area contributed by atoms with E-state index in [4.69, 9.17) is 9.15 Å². The van der Waals surface area contributed by atoms with Gasteiger partial charge in [0.25, 0.3) is 5.91 Å². The fraction of sp³-hybridized carbons (Fsp3) is 0.438. The number of carbonyl (C=O) groups excluding carboxylic acids is 1. The minimum absolute atomic E-state index is 0.00192. The van der Waals surface area contributed by atoms with Crippen LogP contribution in [-0.2, 0) is 4.74 Å². The Kier molecular flexibility index (Phi) is 3.80. The first-order chi connectivity index (χ1) is 9.98. The van der Waals surface area contributed by atoms with Gasteiger partial charge >= 0.3 is 0 Å². The summed E-state index contributed by atoms with van der Waals surface area (Å²) in [6.07, 6.45) is 0.00192. The summed E-state index contributed by atoms with van der Waals surface area (Å²) in [4.78, 5) is 14.5. The smallest absolute Gasteiger partial charge is 0.289 e. The molecule has 1 atom stereocenters. The summed E-state index contributed by atoms with van der Waals surface area (Å²) < 4.78 is 11.6. The van der Waals surface area contributed by atoms with Gasteiger partial charge in [-0.1, -0.05) is 34.1 Å². The van der Waals surface area contributed by atoms with E-state index in [1.54, 1.807) is 0 Å². The highest BCUT2D eigenvalue weighted by atomic mass is 79.9. The molecule has 3 rings (SSSR count). The molecule has 0 aliphatic carbocycles. The second-order valence-electron chi connectivity index (χ2n) is 5.99. The second-order valence-corrected chi connectivity index (χ2v) is 6.64. The third-order valence-corrected chi connectivity index (χ3v) is 4.30. The lowest BCUT2D eigenvalue weighted by molar-refractivity contribution is -0.116. The maximum Gasteiger partial charge on any atom is 0.289 e. The molecule has 2 aromatic rings. The molecule has 1 amide bonds. The number of amides is 1. The number of benzene rings is 1. The maximum absolute atomic E-state index is 12.7. The van der Waals surface area contributed by atoms with Crippen LogP contribution in [0.3, 0.4) is 0 Å². The van der Waals surface area contributed by atoms with Crippen LogP contribution in [-0.4, -0.2) is 40.9 Å². The minimum atomic E-state index is -0.349. The van der Waals surface area contributed by atoms with Gasteiger partial charge in [-0.2, -0.15) is 0 Å². The summed E-state index contributed by atoms with van der Waals surface area (Å²) >= 11 is 3.44. The van der Waals surface area contributed by atoms with Crippen molar-refractivity contribution in [2.24, 2.45) is 0 Å². The van der Waals surface area contributed by atoms with Gasteiger partial charge in [0, 0.05) is 23.8 Å². The van der Waals surface area contributed by atoms with Crippen LogP contribution in [0.5, 0.6) is 0 Å². The van der Waals surface area contributed by atoms with Crippen molar-refractivity contribution in [2.45, 2.75) is 25.6 Å². The number of morpholine rings is 1. The summed E-state index contributed by atoms with van der Waals surface area (Å²) in [5.41, 5.74) is 0.392. The Morgan fingerprint density at radius 3 is 2.90 bits per heavy atom. The van der Waals surface area contributed by atoms with Crippen LogP contribution >= 0.6 is 15.9 Å². The van der Waals surface area contributed by atoms with Crippen molar-refractivity contribution >= 4 is 32.8 Å². The van der Waals surface area contributed by atoms with E-state index in [0.29, 0.717) is 24.2 Å². The number of hydrogen-bond donors (Lipinski definition) is 0. The van der Waals surface area contributed by atoms with E-state index in [2.05, 4.69) is 15.9 Å². The highest BCUT2D eigenvalue weighted by Crippen LogP contribution is 2.25. The Morgan fingerprint density at radius 2 is 2.19 bits per heavy atom.